The van der Waals surface area contributed by atoms with Crippen LogP contribution in [0.5, 0.6) is 0 Å². The van der Waals surface area contributed by atoms with Crippen LogP contribution in [0.4, 0.5) is 0 Å². The molecule has 0 amide bonds. The van der Waals surface area contributed by atoms with Crippen LogP contribution in [0, 0.1) is 0 Å². The van der Waals surface area contributed by atoms with Crippen LogP contribution in [0.2, 0.25) is 39.3 Å². The summed E-state index contributed by atoms with van der Waals surface area (Å²) in [5, 5.41) is 0. The number of rotatable bonds is 20. The van der Waals surface area contributed by atoms with Crippen LogP contribution in [-0.2, 0) is 8.85 Å². The smallest absolute Gasteiger partial charge is 0.184 e. The summed E-state index contributed by atoms with van der Waals surface area (Å²) < 4.78 is 12.5. The molecule has 0 unspecified atom stereocenters. The van der Waals surface area contributed by atoms with Gasteiger partial charge < -0.3 is 14.6 Å². The van der Waals surface area contributed by atoms with E-state index in [9.17, 15) is 0 Å². The van der Waals surface area contributed by atoms with Crippen molar-refractivity contribution in [3.05, 3.63) is 0 Å². The van der Waals surface area contributed by atoms with E-state index in [4.69, 9.17) is 14.6 Å². The average molecular weight is 446 g/mol. The van der Waals surface area contributed by atoms with Crippen molar-refractivity contribution in [3.63, 3.8) is 0 Å². The topological polar surface area (TPSA) is 44.5 Å². The molecule has 0 heterocycles. The first kappa shape index (κ1) is 29.3. The van der Waals surface area contributed by atoms with Crippen LogP contribution in [0.25, 0.3) is 0 Å². The van der Waals surface area contributed by atoms with Gasteiger partial charge in [0, 0.05) is 0 Å². The molecule has 0 aromatic carbocycles. The van der Waals surface area contributed by atoms with Crippen LogP contribution in [0.3, 0.4) is 0 Å². The molecule has 2 atom stereocenters. The molecular weight excluding hydrogens is 390 g/mol. The Hall–Kier alpha value is 0.314. The summed E-state index contributed by atoms with van der Waals surface area (Å²) >= 11 is 0. The van der Waals surface area contributed by atoms with Gasteiger partial charge in [0.15, 0.2) is 16.6 Å². The molecule has 29 heavy (non-hydrogen) atoms. The molecule has 0 aliphatic heterocycles. The highest BCUT2D eigenvalue weighted by Gasteiger charge is 2.27. The predicted molar refractivity (Wildman–Crippen MR) is 136 cm³/mol. The Bertz CT molecular complexity index is 367. The van der Waals surface area contributed by atoms with Crippen molar-refractivity contribution in [1.82, 2.24) is 0 Å². The summed E-state index contributed by atoms with van der Waals surface area (Å²) in [5.74, 6) is 0. The molecule has 3 nitrogen and oxygen atoms in total. The fourth-order valence-electron chi connectivity index (χ4n) is 3.63. The molecule has 2 N–H and O–H groups in total. The van der Waals surface area contributed by atoms with Crippen molar-refractivity contribution in [2.24, 2.45) is 5.73 Å². The van der Waals surface area contributed by atoms with Crippen molar-refractivity contribution in [2.75, 3.05) is 6.61 Å². The van der Waals surface area contributed by atoms with Gasteiger partial charge in [-0.15, -0.1) is 0 Å². The van der Waals surface area contributed by atoms with E-state index < -0.39 is 16.6 Å². The molecule has 0 aromatic heterocycles. The first-order chi connectivity index (χ1) is 13.5. The minimum Gasteiger partial charge on any atom is -0.416 e. The quantitative estimate of drug-likeness (QED) is 0.153. The second kappa shape index (κ2) is 16.9. The highest BCUT2D eigenvalue weighted by molar-refractivity contribution is 6.70. The van der Waals surface area contributed by atoms with E-state index in [1.54, 1.807) is 0 Å². The van der Waals surface area contributed by atoms with Gasteiger partial charge in [-0.3, -0.25) is 0 Å². The van der Waals surface area contributed by atoms with Crippen LogP contribution in [-0.4, -0.2) is 35.4 Å². The van der Waals surface area contributed by atoms with Gasteiger partial charge in [0.05, 0.1) is 18.8 Å². The third kappa shape index (κ3) is 21.3. The van der Waals surface area contributed by atoms with Crippen molar-refractivity contribution in [3.8, 4) is 0 Å². The van der Waals surface area contributed by atoms with Gasteiger partial charge in [-0.1, -0.05) is 90.4 Å². The van der Waals surface area contributed by atoms with Gasteiger partial charge in [0.2, 0.25) is 0 Å². The first-order valence-electron chi connectivity index (χ1n) is 12.6. The highest BCUT2D eigenvalue weighted by Crippen LogP contribution is 2.18. The van der Waals surface area contributed by atoms with E-state index in [0.717, 1.165) is 6.42 Å². The second-order valence-corrected chi connectivity index (χ2v) is 19.9. The van der Waals surface area contributed by atoms with E-state index in [2.05, 4.69) is 46.2 Å². The van der Waals surface area contributed by atoms with Crippen molar-refractivity contribution in [1.29, 1.82) is 0 Å². The summed E-state index contributed by atoms with van der Waals surface area (Å²) in [4.78, 5) is 0. The van der Waals surface area contributed by atoms with Gasteiger partial charge >= 0.3 is 0 Å². The molecule has 0 saturated heterocycles. The minimum absolute atomic E-state index is 0.00535. The Morgan fingerprint density at radius 1 is 0.621 bits per heavy atom. The minimum atomic E-state index is -1.59. The Labute approximate surface area is 186 Å². The fraction of sp³-hybridized carbons (Fsp3) is 1.00. The third-order valence-electron chi connectivity index (χ3n) is 5.28. The molecule has 176 valence electrons. The lowest BCUT2D eigenvalue weighted by Crippen LogP contribution is -2.47. The zero-order chi connectivity index (χ0) is 22.2. The largest absolute Gasteiger partial charge is 0.416 e. The fourth-order valence-corrected chi connectivity index (χ4v) is 5.52. The third-order valence-corrected chi connectivity index (χ3v) is 7.33. The summed E-state index contributed by atoms with van der Waals surface area (Å²) in [7, 11) is -3.11. The summed E-state index contributed by atoms with van der Waals surface area (Å²) in [5.41, 5.74) is 6.47. The number of nitrogens with two attached hydrogens (primary N) is 1. The van der Waals surface area contributed by atoms with Gasteiger partial charge in [-0.25, -0.2) is 0 Å². The molecule has 0 rings (SSSR count). The molecule has 0 fully saturated rings. The summed E-state index contributed by atoms with van der Waals surface area (Å²) in [6.45, 7) is 16.4. The van der Waals surface area contributed by atoms with Gasteiger partial charge in [-0.2, -0.15) is 0 Å². The standard InChI is InChI=1S/C24H55NO2Si2/c1-8-9-10-11-12-13-14-15-16-17-18-19-20-21-24(27-29(5,6)7)23(25)22-26-28(2,3)4/h23-24H,8-22,25H2,1-7H3/t23-,24-/m0/s1. The van der Waals surface area contributed by atoms with Crippen LogP contribution >= 0.6 is 0 Å². The average Bonchev–Trinajstić information content (AvgIpc) is 2.61. The lowest BCUT2D eigenvalue weighted by molar-refractivity contribution is 0.118. The predicted octanol–water partition coefficient (Wildman–Crippen LogP) is 7.87. The molecule has 0 aliphatic rings. The maximum Gasteiger partial charge on any atom is 0.184 e. The highest BCUT2D eigenvalue weighted by atomic mass is 28.4. The molecule has 0 bridgehead atoms. The van der Waals surface area contributed by atoms with E-state index >= 15 is 0 Å². The SMILES string of the molecule is CCCCCCCCCCCCCCC[C@H](O[Si](C)(C)C)[C@@H](N)CO[Si](C)(C)C. The zero-order valence-corrected chi connectivity index (χ0v) is 23.2. The normalized spacial score (nSPS) is 14.9. The molecule has 0 radical (unpaired) electrons. The van der Waals surface area contributed by atoms with Crippen LogP contribution in [0.1, 0.15) is 96.8 Å². The molecular formula is C24H55NO2Si2. The van der Waals surface area contributed by atoms with Gasteiger partial charge in [0.1, 0.15) is 0 Å². The van der Waals surface area contributed by atoms with Crippen LogP contribution < -0.4 is 5.73 Å². The van der Waals surface area contributed by atoms with E-state index in [-0.39, 0.29) is 12.1 Å². The van der Waals surface area contributed by atoms with E-state index in [1.807, 2.05) is 0 Å². The Morgan fingerprint density at radius 3 is 1.41 bits per heavy atom. The lowest BCUT2D eigenvalue weighted by Gasteiger charge is -2.32. The number of unbranched alkanes of at least 4 members (excludes halogenated alkanes) is 12. The number of hydrogen-bond donors (Lipinski definition) is 1. The maximum absolute atomic E-state index is 6.47. The maximum atomic E-state index is 6.47. The molecule has 5 heteroatoms. The van der Waals surface area contributed by atoms with E-state index in [0.29, 0.717) is 6.61 Å². The number of hydrogen-bond acceptors (Lipinski definition) is 3. The lowest BCUT2D eigenvalue weighted by atomic mass is 10.0. The van der Waals surface area contributed by atoms with Gasteiger partial charge in [0.25, 0.3) is 0 Å². The Kier molecular flexibility index (Phi) is 17.1. The molecule has 0 saturated carbocycles. The molecule has 0 spiro atoms. The van der Waals surface area contributed by atoms with Gasteiger partial charge in [-0.05, 0) is 45.7 Å². The first-order valence-corrected chi connectivity index (χ1v) is 19.4. The van der Waals surface area contributed by atoms with E-state index in [1.165, 1.54) is 83.5 Å². The van der Waals surface area contributed by atoms with Crippen molar-refractivity contribution in [2.45, 2.75) is 148 Å². The molecule has 0 aromatic rings. The van der Waals surface area contributed by atoms with Crippen molar-refractivity contribution < 1.29 is 8.85 Å². The summed E-state index contributed by atoms with van der Waals surface area (Å²) in [6, 6.07) is 0.00535. The zero-order valence-electron chi connectivity index (χ0n) is 21.2. The second-order valence-electron chi connectivity index (χ2n) is 10.9. The Morgan fingerprint density at radius 2 is 1.03 bits per heavy atom. The summed E-state index contributed by atoms with van der Waals surface area (Å²) in [6.07, 6.45) is 19.3. The van der Waals surface area contributed by atoms with Crippen molar-refractivity contribution >= 4 is 16.6 Å². The monoisotopic (exact) mass is 445 g/mol. The van der Waals surface area contributed by atoms with Crippen LogP contribution in [0.15, 0.2) is 0 Å². The molecule has 0 aliphatic carbocycles. The Balaban J connectivity index is 3.85.